The smallest absolute Gasteiger partial charge is 0.226 e. The van der Waals surface area contributed by atoms with Crippen LogP contribution in [0, 0.1) is 6.92 Å². The summed E-state index contributed by atoms with van der Waals surface area (Å²) in [5, 5.41) is 7.84. The van der Waals surface area contributed by atoms with Crippen molar-refractivity contribution in [2.75, 3.05) is 37.8 Å². The summed E-state index contributed by atoms with van der Waals surface area (Å²) in [6.45, 7) is 4.26. The van der Waals surface area contributed by atoms with Crippen molar-refractivity contribution in [2.45, 2.75) is 38.6 Å². The van der Waals surface area contributed by atoms with Crippen molar-refractivity contribution in [1.82, 2.24) is 19.9 Å². The number of aryl methyl sites for hydroxylation is 2. The van der Waals surface area contributed by atoms with Crippen molar-refractivity contribution >= 4 is 22.8 Å². The number of aromatic nitrogens is 3. The maximum atomic E-state index is 4.76. The van der Waals surface area contributed by atoms with E-state index < -0.39 is 0 Å². The summed E-state index contributed by atoms with van der Waals surface area (Å²) in [6.07, 6.45) is 4.56. The minimum atomic E-state index is 0.415. The summed E-state index contributed by atoms with van der Waals surface area (Å²) in [7, 11) is 4.08. The van der Waals surface area contributed by atoms with Crippen LogP contribution in [-0.2, 0) is 12.8 Å². The van der Waals surface area contributed by atoms with Gasteiger partial charge in [-0.2, -0.15) is 9.97 Å². The zero-order valence-corrected chi connectivity index (χ0v) is 14.1. The topological polar surface area (TPSA) is 66.0 Å². The van der Waals surface area contributed by atoms with Crippen LogP contribution < -0.4 is 10.6 Å². The molecule has 2 N–H and O–H groups in total. The van der Waals surface area contributed by atoms with Gasteiger partial charge in [0.15, 0.2) is 5.65 Å². The maximum Gasteiger partial charge on any atom is 0.226 e. The van der Waals surface area contributed by atoms with Gasteiger partial charge in [-0.15, -0.1) is 0 Å². The molecule has 23 heavy (non-hydrogen) atoms. The van der Waals surface area contributed by atoms with E-state index in [0.717, 1.165) is 54.9 Å². The number of nitrogens with one attached hydrogen (secondary N) is 2. The Balaban J connectivity index is 1.78. The summed E-state index contributed by atoms with van der Waals surface area (Å²) >= 11 is 0. The molecule has 0 bridgehead atoms. The highest BCUT2D eigenvalue weighted by atomic mass is 15.2. The molecule has 6 heteroatoms. The molecule has 1 aliphatic carbocycles. The molecule has 2 aromatic rings. The first kappa shape index (κ1) is 14.6. The molecular weight excluding hydrogens is 288 g/mol. The van der Waals surface area contributed by atoms with Gasteiger partial charge in [-0.25, -0.2) is 4.98 Å². The van der Waals surface area contributed by atoms with Crippen LogP contribution in [0.3, 0.4) is 0 Å². The van der Waals surface area contributed by atoms with Crippen molar-refractivity contribution in [2.24, 2.45) is 0 Å². The molecule has 0 amide bonds. The molecule has 2 aliphatic rings. The monoisotopic (exact) mass is 312 g/mol. The van der Waals surface area contributed by atoms with Gasteiger partial charge in [0, 0.05) is 25.3 Å². The van der Waals surface area contributed by atoms with E-state index >= 15 is 0 Å². The van der Waals surface area contributed by atoms with E-state index in [9.17, 15) is 0 Å². The molecule has 1 aliphatic heterocycles. The van der Waals surface area contributed by atoms with Gasteiger partial charge in [0.1, 0.15) is 5.82 Å². The van der Waals surface area contributed by atoms with Crippen molar-refractivity contribution < 1.29 is 0 Å². The SMILES string of the molecule is CNc1nc(NC2CCN(C)C2)nc2nc(C)c3c(c12)CCC3. The summed E-state index contributed by atoms with van der Waals surface area (Å²) < 4.78 is 0. The lowest BCUT2D eigenvalue weighted by Gasteiger charge is -2.16. The fraction of sp³-hybridized carbons (Fsp3) is 0.588. The first-order valence-electron chi connectivity index (χ1n) is 8.48. The van der Waals surface area contributed by atoms with E-state index in [2.05, 4.69) is 29.5 Å². The first-order valence-corrected chi connectivity index (χ1v) is 8.48. The average molecular weight is 312 g/mol. The molecule has 0 radical (unpaired) electrons. The molecular formula is C17H24N6. The van der Waals surface area contributed by atoms with Gasteiger partial charge in [0.25, 0.3) is 0 Å². The van der Waals surface area contributed by atoms with E-state index in [4.69, 9.17) is 15.0 Å². The van der Waals surface area contributed by atoms with E-state index in [1.54, 1.807) is 0 Å². The molecule has 1 atom stereocenters. The Labute approximate surface area is 136 Å². The highest BCUT2D eigenvalue weighted by Crippen LogP contribution is 2.34. The van der Waals surface area contributed by atoms with Crippen molar-refractivity contribution in [1.29, 1.82) is 0 Å². The second-order valence-corrected chi connectivity index (χ2v) is 6.74. The van der Waals surface area contributed by atoms with E-state index in [1.807, 2.05) is 7.05 Å². The summed E-state index contributed by atoms with van der Waals surface area (Å²) in [6, 6.07) is 0.415. The van der Waals surface area contributed by atoms with Crippen LogP contribution >= 0.6 is 0 Å². The number of likely N-dealkylation sites (tertiary alicyclic amines) is 1. The van der Waals surface area contributed by atoms with Crippen LogP contribution in [0.25, 0.3) is 11.0 Å². The molecule has 0 spiro atoms. The molecule has 0 saturated carbocycles. The van der Waals surface area contributed by atoms with Gasteiger partial charge in [-0.1, -0.05) is 0 Å². The maximum absolute atomic E-state index is 4.76. The summed E-state index contributed by atoms with van der Waals surface area (Å²) in [5.41, 5.74) is 4.73. The van der Waals surface area contributed by atoms with Crippen LogP contribution in [-0.4, -0.2) is 53.1 Å². The van der Waals surface area contributed by atoms with Gasteiger partial charge < -0.3 is 15.5 Å². The minimum Gasteiger partial charge on any atom is -0.372 e. The molecule has 2 aromatic heterocycles. The number of fused-ring (bicyclic) bond motifs is 3. The number of likely N-dealkylation sites (N-methyl/N-ethyl adjacent to an activating group) is 1. The predicted molar refractivity (Wildman–Crippen MR) is 93.2 cm³/mol. The number of hydrogen-bond donors (Lipinski definition) is 2. The number of pyridine rings is 1. The third kappa shape index (κ3) is 2.51. The minimum absolute atomic E-state index is 0.415. The highest BCUT2D eigenvalue weighted by molar-refractivity contribution is 5.92. The zero-order chi connectivity index (χ0) is 16.0. The summed E-state index contributed by atoms with van der Waals surface area (Å²) in [4.78, 5) is 16.5. The van der Waals surface area contributed by atoms with Gasteiger partial charge >= 0.3 is 0 Å². The second-order valence-electron chi connectivity index (χ2n) is 6.74. The largest absolute Gasteiger partial charge is 0.372 e. The number of nitrogens with zero attached hydrogens (tertiary/aromatic N) is 4. The first-order chi connectivity index (χ1) is 11.2. The third-order valence-corrected chi connectivity index (χ3v) is 5.08. The number of hydrogen-bond acceptors (Lipinski definition) is 6. The molecule has 4 rings (SSSR count). The predicted octanol–water partition coefficient (Wildman–Crippen LogP) is 1.98. The molecule has 1 saturated heterocycles. The molecule has 3 heterocycles. The lowest BCUT2D eigenvalue weighted by Crippen LogP contribution is -2.24. The van der Waals surface area contributed by atoms with Crippen LogP contribution in [0.15, 0.2) is 0 Å². The lowest BCUT2D eigenvalue weighted by atomic mass is 10.1. The van der Waals surface area contributed by atoms with Gasteiger partial charge in [0.05, 0.1) is 5.39 Å². The Morgan fingerprint density at radius 1 is 1.13 bits per heavy atom. The van der Waals surface area contributed by atoms with Crippen LogP contribution in [0.5, 0.6) is 0 Å². The molecule has 0 aromatic carbocycles. The average Bonchev–Trinajstić information content (AvgIpc) is 3.16. The van der Waals surface area contributed by atoms with Crippen molar-refractivity contribution in [3.63, 3.8) is 0 Å². The van der Waals surface area contributed by atoms with E-state index in [1.165, 1.54) is 17.5 Å². The number of anilines is 2. The second kappa shape index (κ2) is 5.60. The van der Waals surface area contributed by atoms with Gasteiger partial charge in [0.2, 0.25) is 5.95 Å². The van der Waals surface area contributed by atoms with Gasteiger partial charge in [-0.05, 0) is 57.3 Å². The van der Waals surface area contributed by atoms with Crippen LogP contribution in [0.4, 0.5) is 11.8 Å². The standard InChI is InChI=1S/C17H24N6/c1-10-12-5-4-6-13(12)14-15(18-2)21-17(22-16(14)19-10)20-11-7-8-23(3)9-11/h11H,4-9H2,1-3H3,(H2,18,19,20,21,22). The Morgan fingerprint density at radius 3 is 2.70 bits per heavy atom. The fourth-order valence-corrected chi connectivity index (χ4v) is 3.93. The Hall–Kier alpha value is -1.95. The third-order valence-electron chi connectivity index (χ3n) is 5.08. The van der Waals surface area contributed by atoms with E-state index in [-0.39, 0.29) is 0 Å². The van der Waals surface area contributed by atoms with Crippen LogP contribution in [0.2, 0.25) is 0 Å². The Morgan fingerprint density at radius 2 is 1.96 bits per heavy atom. The number of rotatable bonds is 3. The summed E-state index contributed by atoms with van der Waals surface area (Å²) in [5.74, 6) is 1.58. The van der Waals surface area contributed by atoms with Crippen molar-refractivity contribution in [3.8, 4) is 0 Å². The Bertz CT molecular complexity index is 757. The highest BCUT2D eigenvalue weighted by Gasteiger charge is 2.24. The fourth-order valence-electron chi connectivity index (χ4n) is 3.93. The molecule has 122 valence electrons. The quantitative estimate of drug-likeness (QED) is 0.903. The van der Waals surface area contributed by atoms with Crippen molar-refractivity contribution in [3.05, 3.63) is 16.8 Å². The zero-order valence-electron chi connectivity index (χ0n) is 14.1. The molecule has 1 unspecified atom stereocenters. The normalized spacial score (nSPS) is 20.9. The Kier molecular flexibility index (Phi) is 3.56. The van der Waals surface area contributed by atoms with Gasteiger partial charge in [-0.3, -0.25) is 0 Å². The molecule has 6 nitrogen and oxygen atoms in total. The molecule has 1 fully saturated rings. The van der Waals surface area contributed by atoms with E-state index in [0.29, 0.717) is 12.0 Å². The lowest BCUT2D eigenvalue weighted by molar-refractivity contribution is 0.414. The van der Waals surface area contributed by atoms with Crippen LogP contribution in [0.1, 0.15) is 29.7 Å².